The monoisotopic (exact) mass is 252 g/mol. The molecule has 96 valence electrons. The highest BCUT2D eigenvalue weighted by Crippen LogP contribution is 2.29. The van der Waals surface area contributed by atoms with Gasteiger partial charge in [-0.3, -0.25) is 0 Å². The summed E-state index contributed by atoms with van der Waals surface area (Å²) in [6.07, 6.45) is 0.854. The van der Waals surface area contributed by atoms with Crippen LogP contribution in [0.4, 0.5) is 14.5 Å². The van der Waals surface area contributed by atoms with Gasteiger partial charge in [0.2, 0.25) is 0 Å². The van der Waals surface area contributed by atoms with Gasteiger partial charge in [0.15, 0.2) is 11.6 Å². The van der Waals surface area contributed by atoms with E-state index in [1.807, 2.05) is 0 Å². The first-order valence-corrected chi connectivity index (χ1v) is 5.78. The molecule has 0 aliphatic carbocycles. The number of nitriles is 1. The zero-order valence-corrected chi connectivity index (χ0v) is 10.1. The van der Waals surface area contributed by atoms with Gasteiger partial charge in [0.1, 0.15) is 5.69 Å². The minimum atomic E-state index is -0.676. The van der Waals surface area contributed by atoms with Gasteiger partial charge in [-0.1, -0.05) is 0 Å². The van der Waals surface area contributed by atoms with Crippen LogP contribution in [0.15, 0.2) is 12.1 Å². The summed E-state index contributed by atoms with van der Waals surface area (Å²) in [4.78, 5) is 1.68. The average molecular weight is 252 g/mol. The van der Waals surface area contributed by atoms with Gasteiger partial charge >= 0.3 is 0 Å². The normalized spacial score (nSPS) is 19.0. The summed E-state index contributed by atoms with van der Waals surface area (Å²) < 4.78 is 32.6. The van der Waals surface area contributed by atoms with Crippen molar-refractivity contribution in [3.8, 4) is 6.07 Å². The maximum Gasteiger partial charge on any atom is 0.150 e. The first-order chi connectivity index (χ1) is 8.65. The molecule has 0 saturated carbocycles. The van der Waals surface area contributed by atoms with Gasteiger partial charge in [-0.25, -0.2) is 8.78 Å². The molecule has 0 aromatic heterocycles. The van der Waals surface area contributed by atoms with Gasteiger partial charge in [-0.05, 0) is 18.6 Å². The number of benzene rings is 1. The van der Waals surface area contributed by atoms with Gasteiger partial charge in [0.25, 0.3) is 0 Å². The molecule has 2 rings (SSSR count). The first kappa shape index (κ1) is 12.8. The van der Waals surface area contributed by atoms with Crippen molar-refractivity contribution in [2.45, 2.75) is 6.42 Å². The second-order valence-electron chi connectivity index (χ2n) is 4.46. The third-order valence-corrected chi connectivity index (χ3v) is 3.15. The van der Waals surface area contributed by atoms with Crippen LogP contribution < -0.4 is 4.90 Å². The molecule has 5 heteroatoms. The van der Waals surface area contributed by atoms with Crippen LogP contribution in [0.2, 0.25) is 0 Å². The van der Waals surface area contributed by atoms with Gasteiger partial charge in [0.05, 0.1) is 18.2 Å². The highest BCUT2D eigenvalue weighted by atomic mass is 19.1. The molecule has 0 bridgehead atoms. The molecule has 0 amide bonds. The molecular weight excluding hydrogens is 238 g/mol. The zero-order valence-electron chi connectivity index (χ0n) is 10.1. The lowest BCUT2D eigenvalue weighted by atomic mass is 10.1. The lowest BCUT2D eigenvalue weighted by Gasteiger charge is -2.20. The quantitative estimate of drug-likeness (QED) is 0.828. The predicted molar refractivity (Wildman–Crippen MR) is 63.3 cm³/mol. The van der Waals surface area contributed by atoms with Crippen molar-refractivity contribution in [1.82, 2.24) is 0 Å². The van der Waals surface area contributed by atoms with Gasteiger partial charge < -0.3 is 9.64 Å². The molecule has 1 unspecified atom stereocenters. The van der Waals surface area contributed by atoms with Crippen LogP contribution in [0.25, 0.3) is 0 Å². The summed E-state index contributed by atoms with van der Waals surface area (Å²) in [7, 11) is 1.62. The summed E-state index contributed by atoms with van der Waals surface area (Å²) in [6.45, 7) is 1.78. The second kappa shape index (κ2) is 5.32. The first-order valence-electron chi connectivity index (χ1n) is 5.78. The standard InChI is InChI=1S/C13H14F2N2O/c1-18-8-9-2-3-17(7-9)13-11(14)4-10(6-16)5-12(13)15/h4-5,9H,2-3,7-8H2,1H3. The van der Waals surface area contributed by atoms with Crippen LogP contribution in [0.5, 0.6) is 0 Å². The number of nitrogens with zero attached hydrogens (tertiary/aromatic N) is 2. The van der Waals surface area contributed by atoms with Crippen LogP contribution in [0.1, 0.15) is 12.0 Å². The van der Waals surface area contributed by atoms with Crippen molar-refractivity contribution in [1.29, 1.82) is 5.26 Å². The average Bonchev–Trinajstić information content (AvgIpc) is 2.77. The third kappa shape index (κ3) is 2.44. The van der Waals surface area contributed by atoms with E-state index in [4.69, 9.17) is 10.00 Å². The Balaban J connectivity index is 2.22. The fraction of sp³-hybridized carbons (Fsp3) is 0.462. The molecule has 18 heavy (non-hydrogen) atoms. The maximum atomic E-state index is 13.8. The van der Waals surface area contributed by atoms with E-state index in [2.05, 4.69) is 0 Å². The van der Waals surface area contributed by atoms with Crippen LogP contribution in [0.3, 0.4) is 0 Å². The van der Waals surface area contributed by atoms with E-state index in [-0.39, 0.29) is 11.3 Å². The highest BCUT2D eigenvalue weighted by molar-refractivity contribution is 5.53. The predicted octanol–water partition coefficient (Wildman–Crippen LogP) is 2.31. The van der Waals surface area contributed by atoms with Crippen LogP contribution in [-0.2, 0) is 4.74 Å². The van der Waals surface area contributed by atoms with E-state index in [0.717, 1.165) is 18.6 Å². The molecule has 0 spiro atoms. The summed E-state index contributed by atoms with van der Waals surface area (Å²) in [5.41, 5.74) is -0.0333. The zero-order chi connectivity index (χ0) is 13.1. The molecule has 1 aromatic carbocycles. The molecule has 1 heterocycles. The molecule has 1 aromatic rings. The summed E-state index contributed by atoms with van der Waals surface area (Å²) in [6, 6.07) is 3.88. The van der Waals surface area contributed by atoms with E-state index in [9.17, 15) is 8.78 Å². The molecule has 0 N–H and O–H groups in total. The Morgan fingerprint density at radius 3 is 2.67 bits per heavy atom. The van der Waals surface area contributed by atoms with E-state index in [1.165, 1.54) is 0 Å². The number of hydrogen-bond acceptors (Lipinski definition) is 3. The van der Waals surface area contributed by atoms with E-state index >= 15 is 0 Å². The van der Waals surface area contributed by atoms with E-state index in [0.29, 0.717) is 25.6 Å². The number of anilines is 1. The van der Waals surface area contributed by atoms with E-state index in [1.54, 1.807) is 18.1 Å². The van der Waals surface area contributed by atoms with Crippen molar-refractivity contribution in [3.63, 3.8) is 0 Å². The molecule has 0 radical (unpaired) electrons. The number of hydrogen-bond donors (Lipinski definition) is 0. The summed E-state index contributed by atoms with van der Waals surface area (Å²) in [5, 5.41) is 8.64. The van der Waals surface area contributed by atoms with E-state index < -0.39 is 11.6 Å². The van der Waals surface area contributed by atoms with Crippen LogP contribution in [0, 0.1) is 28.9 Å². The topological polar surface area (TPSA) is 36.3 Å². The third-order valence-electron chi connectivity index (χ3n) is 3.15. The van der Waals surface area contributed by atoms with Crippen LogP contribution in [-0.4, -0.2) is 26.8 Å². The second-order valence-corrected chi connectivity index (χ2v) is 4.46. The highest BCUT2D eigenvalue weighted by Gasteiger charge is 2.27. The summed E-state index contributed by atoms with van der Waals surface area (Å²) >= 11 is 0. The number of methoxy groups -OCH3 is 1. The Labute approximate surface area is 105 Å². The molecular formula is C13H14F2N2O. The fourth-order valence-electron chi connectivity index (χ4n) is 2.34. The Kier molecular flexibility index (Phi) is 3.78. The maximum absolute atomic E-state index is 13.8. The molecule has 1 saturated heterocycles. The lowest BCUT2D eigenvalue weighted by molar-refractivity contribution is 0.161. The van der Waals surface area contributed by atoms with Crippen molar-refractivity contribution in [2.24, 2.45) is 5.92 Å². The van der Waals surface area contributed by atoms with Crippen molar-refractivity contribution in [3.05, 3.63) is 29.3 Å². The molecule has 1 aliphatic rings. The Morgan fingerprint density at radius 1 is 1.44 bits per heavy atom. The molecule has 1 fully saturated rings. The molecule has 1 aliphatic heterocycles. The van der Waals surface area contributed by atoms with Crippen molar-refractivity contribution in [2.75, 3.05) is 31.7 Å². The Hall–Kier alpha value is -1.67. The van der Waals surface area contributed by atoms with Crippen molar-refractivity contribution < 1.29 is 13.5 Å². The lowest BCUT2D eigenvalue weighted by Crippen LogP contribution is -2.23. The Bertz CT molecular complexity index is 461. The summed E-state index contributed by atoms with van der Waals surface area (Å²) in [5.74, 6) is -1.06. The minimum absolute atomic E-state index is 0.00129. The SMILES string of the molecule is COCC1CCN(c2c(F)cc(C#N)cc2F)C1. The van der Waals surface area contributed by atoms with Gasteiger partial charge in [-0.2, -0.15) is 5.26 Å². The number of ether oxygens (including phenoxy) is 1. The Morgan fingerprint density at radius 2 is 2.11 bits per heavy atom. The molecule has 1 atom stereocenters. The number of rotatable bonds is 3. The van der Waals surface area contributed by atoms with Gasteiger partial charge in [0, 0.05) is 26.1 Å². The van der Waals surface area contributed by atoms with Crippen LogP contribution >= 0.6 is 0 Å². The van der Waals surface area contributed by atoms with Gasteiger partial charge in [-0.15, -0.1) is 0 Å². The molecule has 3 nitrogen and oxygen atoms in total. The fourth-order valence-corrected chi connectivity index (χ4v) is 2.34. The largest absolute Gasteiger partial charge is 0.384 e. The van der Waals surface area contributed by atoms with Crippen molar-refractivity contribution >= 4 is 5.69 Å². The smallest absolute Gasteiger partial charge is 0.150 e. The minimum Gasteiger partial charge on any atom is -0.384 e. The number of halogens is 2.